The zero-order chi connectivity index (χ0) is 23.1. The van der Waals surface area contributed by atoms with E-state index in [2.05, 4.69) is 15.8 Å². The Morgan fingerprint density at radius 3 is 2.31 bits per heavy atom. The monoisotopic (exact) mass is 449 g/mol. The minimum atomic E-state index is -0.898. The third-order valence-corrected chi connectivity index (χ3v) is 4.86. The molecule has 0 fully saturated rings. The first-order chi connectivity index (χ1) is 15.3. The second-order valence-electron chi connectivity index (χ2n) is 6.89. The Morgan fingerprint density at radius 2 is 1.62 bits per heavy atom. The molecular formula is C24H20ClN3O4. The second-order valence-corrected chi connectivity index (χ2v) is 7.30. The van der Waals surface area contributed by atoms with Crippen molar-refractivity contribution in [2.24, 2.45) is 5.10 Å². The number of rotatable bonds is 5. The van der Waals surface area contributed by atoms with Crippen LogP contribution in [-0.2, 0) is 9.59 Å². The van der Waals surface area contributed by atoms with Gasteiger partial charge in [0.05, 0.1) is 16.8 Å². The number of nitrogens with zero attached hydrogens (tertiary/aromatic N) is 1. The van der Waals surface area contributed by atoms with Crippen LogP contribution in [0.5, 0.6) is 5.75 Å². The number of carbonyl (C=O) groups excluding carboxylic acids is 3. The maximum atomic E-state index is 12.2. The van der Waals surface area contributed by atoms with Crippen LogP contribution in [0.2, 0.25) is 5.02 Å². The first kappa shape index (κ1) is 22.7. The van der Waals surface area contributed by atoms with Gasteiger partial charge in [-0.1, -0.05) is 29.8 Å². The molecular weight excluding hydrogens is 430 g/mol. The molecule has 3 rings (SSSR count). The van der Waals surface area contributed by atoms with Crippen molar-refractivity contribution in [3.05, 3.63) is 94.0 Å². The van der Waals surface area contributed by atoms with Crippen LogP contribution >= 0.6 is 11.6 Å². The number of hydrazone groups is 1. The highest BCUT2D eigenvalue weighted by molar-refractivity contribution is 6.39. The molecule has 0 heterocycles. The highest BCUT2D eigenvalue weighted by Crippen LogP contribution is 2.19. The van der Waals surface area contributed by atoms with Gasteiger partial charge in [-0.25, -0.2) is 10.2 Å². The smallest absolute Gasteiger partial charge is 0.345 e. The van der Waals surface area contributed by atoms with Gasteiger partial charge in [-0.15, -0.1) is 0 Å². The molecule has 0 aliphatic heterocycles. The van der Waals surface area contributed by atoms with Crippen molar-refractivity contribution in [2.75, 3.05) is 5.32 Å². The van der Waals surface area contributed by atoms with Gasteiger partial charge < -0.3 is 10.1 Å². The number of anilines is 1. The van der Waals surface area contributed by atoms with Gasteiger partial charge >= 0.3 is 17.8 Å². The molecule has 162 valence electrons. The van der Waals surface area contributed by atoms with Gasteiger partial charge in [0, 0.05) is 5.69 Å². The summed E-state index contributed by atoms with van der Waals surface area (Å²) in [4.78, 5) is 36.1. The molecule has 2 amide bonds. The summed E-state index contributed by atoms with van der Waals surface area (Å²) >= 11 is 5.99. The summed E-state index contributed by atoms with van der Waals surface area (Å²) in [6.07, 6.45) is 1.36. The Labute approximate surface area is 190 Å². The number of amides is 2. The van der Waals surface area contributed by atoms with Gasteiger partial charge in [0.15, 0.2) is 0 Å². The fourth-order valence-corrected chi connectivity index (χ4v) is 2.85. The third-order valence-electron chi connectivity index (χ3n) is 4.54. The van der Waals surface area contributed by atoms with Gasteiger partial charge in [0.1, 0.15) is 5.75 Å². The average molecular weight is 450 g/mol. The van der Waals surface area contributed by atoms with Gasteiger partial charge in [0.25, 0.3) is 0 Å². The van der Waals surface area contributed by atoms with E-state index in [4.69, 9.17) is 16.3 Å². The van der Waals surface area contributed by atoms with Gasteiger partial charge in [-0.05, 0) is 79.1 Å². The van der Waals surface area contributed by atoms with Crippen LogP contribution in [0.3, 0.4) is 0 Å². The predicted molar refractivity (Wildman–Crippen MR) is 123 cm³/mol. The number of hydrogen-bond donors (Lipinski definition) is 2. The number of hydrogen-bond acceptors (Lipinski definition) is 5. The van der Waals surface area contributed by atoms with Crippen LogP contribution in [0.1, 0.15) is 27.0 Å². The number of esters is 1. The van der Waals surface area contributed by atoms with Crippen molar-refractivity contribution >= 4 is 41.3 Å². The van der Waals surface area contributed by atoms with Crippen LogP contribution in [0, 0.1) is 13.8 Å². The van der Waals surface area contributed by atoms with Crippen molar-refractivity contribution < 1.29 is 19.1 Å². The molecule has 0 saturated heterocycles. The quantitative estimate of drug-likeness (QED) is 0.200. The zero-order valence-corrected chi connectivity index (χ0v) is 18.1. The van der Waals surface area contributed by atoms with Crippen molar-refractivity contribution in [3.8, 4) is 5.75 Å². The lowest BCUT2D eigenvalue weighted by Crippen LogP contribution is -2.32. The minimum absolute atomic E-state index is 0.265. The SMILES string of the molecule is Cc1ccc(NC(=O)C(=O)NN=Cc2ccc(OC(=O)c3ccccc3Cl)cc2)cc1C. The molecule has 0 radical (unpaired) electrons. The summed E-state index contributed by atoms with van der Waals surface area (Å²) < 4.78 is 5.29. The summed E-state index contributed by atoms with van der Waals surface area (Å²) in [5, 5.41) is 6.60. The van der Waals surface area contributed by atoms with Crippen LogP contribution in [0.25, 0.3) is 0 Å². The summed E-state index contributed by atoms with van der Waals surface area (Å²) in [5.74, 6) is -1.97. The van der Waals surface area contributed by atoms with Gasteiger partial charge in [-0.2, -0.15) is 5.10 Å². The Morgan fingerprint density at radius 1 is 0.906 bits per heavy atom. The van der Waals surface area contributed by atoms with E-state index >= 15 is 0 Å². The molecule has 3 aromatic carbocycles. The van der Waals surface area contributed by atoms with Crippen molar-refractivity contribution in [1.82, 2.24) is 5.43 Å². The Balaban J connectivity index is 1.52. The number of aryl methyl sites for hydroxylation is 2. The first-order valence-electron chi connectivity index (χ1n) is 9.62. The molecule has 2 N–H and O–H groups in total. The lowest BCUT2D eigenvalue weighted by molar-refractivity contribution is -0.136. The summed E-state index contributed by atoms with van der Waals surface area (Å²) in [5.41, 5.74) is 5.67. The molecule has 8 heteroatoms. The summed E-state index contributed by atoms with van der Waals surface area (Å²) in [7, 11) is 0. The molecule has 0 spiro atoms. The van der Waals surface area contributed by atoms with Crippen LogP contribution in [0.15, 0.2) is 71.8 Å². The van der Waals surface area contributed by atoms with E-state index in [1.807, 2.05) is 19.9 Å². The third kappa shape index (κ3) is 6.02. The minimum Gasteiger partial charge on any atom is -0.423 e. The molecule has 0 unspecified atom stereocenters. The number of nitrogens with one attached hydrogen (secondary N) is 2. The van der Waals surface area contributed by atoms with E-state index in [1.54, 1.807) is 60.7 Å². The van der Waals surface area contributed by atoms with Crippen LogP contribution < -0.4 is 15.5 Å². The number of ether oxygens (including phenoxy) is 1. The number of halogens is 1. The standard InChI is InChI=1S/C24H20ClN3O4/c1-15-7-10-18(13-16(15)2)27-22(29)23(30)28-26-14-17-8-11-19(12-9-17)32-24(31)20-5-3-4-6-21(20)25/h3-14H,1-2H3,(H,27,29)(H,28,30). The lowest BCUT2D eigenvalue weighted by atomic mass is 10.1. The fourth-order valence-electron chi connectivity index (χ4n) is 2.63. The molecule has 0 bridgehead atoms. The molecule has 0 aliphatic rings. The van der Waals surface area contributed by atoms with Crippen molar-refractivity contribution in [1.29, 1.82) is 0 Å². The summed E-state index contributed by atoms with van der Waals surface area (Å²) in [6.45, 7) is 3.87. The molecule has 7 nitrogen and oxygen atoms in total. The average Bonchev–Trinajstić information content (AvgIpc) is 2.77. The Kier molecular flexibility index (Phi) is 7.36. The van der Waals surface area contributed by atoms with Gasteiger partial charge in [0.2, 0.25) is 0 Å². The summed E-state index contributed by atoms with van der Waals surface area (Å²) in [6, 6.07) is 18.4. The van der Waals surface area contributed by atoms with Gasteiger partial charge in [-0.3, -0.25) is 9.59 Å². The number of carbonyl (C=O) groups is 3. The van der Waals surface area contributed by atoms with Crippen LogP contribution in [0.4, 0.5) is 5.69 Å². The van der Waals surface area contributed by atoms with Crippen molar-refractivity contribution in [3.63, 3.8) is 0 Å². The second kappa shape index (κ2) is 10.4. The molecule has 0 aliphatic carbocycles. The highest BCUT2D eigenvalue weighted by atomic mass is 35.5. The van der Waals surface area contributed by atoms with E-state index in [-0.39, 0.29) is 5.56 Å². The Bertz CT molecular complexity index is 1190. The van der Waals surface area contributed by atoms with Crippen LogP contribution in [-0.4, -0.2) is 24.0 Å². The molecule has 0 atom stereocenters. The molecule has 32 heavy (non-hydrogen) atoms. The largest absolute Gasteiger partial charge is 0.423 e. The molecule has 3 aromatic rings. The van der Waals surface area contributed by atoms with Crippen molar-refractivity contribution in [2.45, 2.75) is 13.8 Å². The molecule has 0 saturated carbocycles. The highest BCUT2D eigenvalue weighted by Gasteiger charge is 2.13. The van der Waals surface area contributed by atoms with E-state index in [9.17, 15) is 14.4 Å². The number of benzene rings is 3. The molecule has 0 aromatic heterocycles. The van der Waals surface area contributed by atoms with E-state index in [0.29, 0.717) is 22.0 Å². The lowest BCUT2D eigenvalue weighted by Gasteiger charge is -2.07. The topological polar surface area (TPSA) is 96.9 Å². The van der Waals surface area contributed by atoms with E-state index < -0.39 is 17.8 Å². The fraction of sp³-hybridized carbons (Fsp3) is 0.0833. The zero-order valence-electron chi connectivity index (χ0n) is 17.4. The van der Waals surface area contributed by atoms with E-state index in [1.165, 1.54) is 6.21 Å². The van der Waals surface area contributed by atoms with E-state index in [0.717, 1.165) is 11.1 Å². The first-order valence-corrected chi connectivity index (χ1v) is 9.99. The normalized spacial score (nSPS) is 10.6. The maximum absolute atomic E-state index is 12.2. The Hall–Kier alpha value is -3.97. The maximum Gasteiger partial charge on any atom is 0.345 e. The predicted octanol–water partition coefficient (Wildman–Crippen LogP) is 4.26.